The summed E-state index contributed by atoms with van der Waals surface area (Å²) in [6, 6.07) is 0. The van der Waals surface area contributed by atoms with Gasteiger partial charge in [0.2, 0.25) is 0 Å². The Morgan fingerprint density at radius 2 is 1.84 bits per heavy atom. The summed E-state index contributed by atoms with van der Waals surface area (Å²) in [4.78, 5) is 13.0. The quantitative estimate of drug-likeness (QED) is 0.864. The average molecular weight is 362 g/mol. The molecule has 0 aromatic carbocycles. The predicted molar refractivity (Wildman–Crippen MR) is 84.8 cm³/mol. The molecule has 2 fully saturated rings. The highest BCUT2D eigenvalue weighted by Crippen LogP contribution is 2.45. The fourth-order valence-corrected chi connectivity index (χ4v) is 3.97. The van der Waals surface area contributed by atoms with Crippen LogP contribution in [0.25, 0.3) is 0 Å². The Morgan fingerprint density at radius 3 is 2.32 bits per heavy atom. The zero-order chi connectivity index (χ0) is 18.3. The fraction of sp³-hybridized carbons (Fsp3) is 0.812. The highest BCUT2D eigenvalue weighted by atomic mass is 19.4. The van der Waals surface area contributed by atoms with Gasteiger partial charge in [-0.3, -0.25) is 4.68 Å². The van der Waals surface area contributed by atoms with Crippen molar-refractivity contribution in [2.45, 2.75) is 57.7 Å². The van der Waals surface area contributed by atoms with Crippen LogP contribution in [-0.4, -0.2) is 45.1 Å². The summed E-state index contributed by atoms with van der Waals surface area (Å²) in [6.45, 7) is 3.41. The van der Waals surface area contributed by atoms with Crippen LogP contribution in [0.1, 0.15) is 44.9 Å². The summed E-state index contributed by atoms with van der Waals surface area (Å²) in [5.74, 6) is -1.86. The molecule has 2 N–H and O–H groups in total. The summed E-state index contributed by atoms with van der Waals surface area (Å²) in [7, 11) is 0. The lowest BCUT2D eigenvalue weighted by molar-refractivity contribution is -0.192. The maximum Gasteiger partial charge on any atom is 0.490 e. The number of hydrogen-bond acceptors (Lipinski definition) is 4. The van der Waals surface area contributed by atoms with E-state index in [1.54, 1.807) is 6.33 Å². The van der Waals surface area contributed by atoms with E-state index in [0.717, 1.165) is 12.5 Å². The first kappa shape index (κ1) is 19.7. The van der Waals surface area contributed by atoms with Gasteiger partial charge in [-0.15, -0.1) is 0 Å². The largest absolute Gasteiger partial charge is 0.490 e. The summed E-state index contributed by atoms with van der Waals surface area (Å²) in [5.41, 5.74) is 0.472. The lowest BCUT2D eigenvalue weighted by Gasteiger charge is -2.45. The second kappa shape index (κ2) is 8.64. The minimum atomic E-state index is -5.08. The Morgan fingerprint density at radius 1 is 1.24 bits per heavy atom. The topological polar surface area (TPSA) is 80.0 Å². The van der Waals surface area contributed by atoms with E-state index in [4.69, 9.17) is 9.90 Å². The minimum absolute atomic E-state index is 0.472. The molecule has 3 rings (SSSR count). The maximum atomic E-state index is 10.6. The number of piperidine rings is 1. The number of nitrogens with one attached hydrogen (secondary N) is 1. The van der Waals surface area contributed by atoms with Crippen LogP contribution in [0.4, 0.5) is 13.2 Å². The Balaban J connectivity index is 0.000000277. The lowest BCUT2D eigenvalue weighted by Crippen LogP contribution is -2.45. The van der Waals surface area contributed by atoms with Gasteiger partial charge < -0.3 is 10.4 Å². The van der Waals surface area contributed by atoms with Crippen molar-refractivity contribution in [1.29, 1.82) is 0 Å². The number of hydrogen-bond donors (Lipinski definition) is 2. The molecule has 0 amide bonds. The van der Waals surface area contributed by atoms with Crippen LogP contribution in [0, 0.1) is 11.3 Å². The zero-order valence-electron chi connectivity index (χ0n) is 14.1. The molecule has 25 heavy (non-hydrogen) atoms. The van der Waals surface area contributed by atoms with E-state index < -0.39 is 12.1 Å². The van der Waals surface area contributed by atoms with Crippen molar-refractivity contribution < 1.29 is 23.1 Å². The normalized spacial score (nSPS) is 21.2. The van der Waals surface area contributed by atoms with Gasteiger partial charge in [-0.05, 0) is 50.1 Å². The van der Waals surface area contributed by atoms with Crippen molar-refractivity contribution >= 4 is 5.97 Å². The van der Waals surface area contributed by atoms with Crippen molar-refractivity contribution in [3.63, 3.8) is 0 Å². The van der Waals surface area contributed by atoms with E-state index in [-0.39, 0.29) is 0 Å². The number of carboxylic acid groups (broad SMARTS) is 1. The van der Waals surface area contributed by atoms with E-state index in [1.807, 2.05) is 6.33 Å². The van der Waals surface area contributed by atoms with Gasteiger partial charge >= 0.3 is 12.1 Å². The standard InChI is InChI=1S/C14H24N4.C2HF3O2/c1-2-4-13(5-3-1)14(6-8-15-9-7-14)10-18-12-16-11-17-18;3-2(4,5)1(6)7/h11-13,15H,1-10H2;(H,6,7). The lowest BCUT2D eigenvalue weighted by atomic mass is 9.64. The molecule has 1 aliphatic heterocycles. The number of nitrogens with zero attached hydrogens (tertiary/aromatic N) is 3. The zero-order valence-corrected chi connectivity index (χ0v) is 14.1. The van der Waals surface area contributed by atoms with Crippen LogP contribution < -0.4 is 5.32 Å². The van der Waals surface area contributed by atoms with Crippen LogP contribution in [0.3, 0.4) is 0 Å². The third kappa shape index (κ3) is 5.69. The molecule has 2 aliphatic rings. The molecule has 1 aliphatic carbocycles. The molecular formula is C16H25F3N4O2. The summed E-state index contributed by atoms with van der Waals surface area (Å²) >= 11 is 0. The van der Waals surface area contributed by atoms with Crippen molar-refractivity contribution in [2.75, 3.05) is 13.1 Å². The number of carboxylic acids is 1. The monoisotopic (exact) mass is 362 g/mol. The summed E-state index contributed by atoms with van der Waals surface area (Å²) < 4.78 is 33.8. The highest BCUT2D eigenvalue weighted by Gasteiger charge is 2.40. The molecule has 1 aromatic heterocycles. The smallest absolute Gasteiger partial charge is 0.475 e. The first-order valence-electron chi connectivity index (χ1n) is 8.67. The molecule has 1 aromatic rings. The van der Waals surface area contributed by atoms with E-state index in [9.17, 15) is 13.2 Å². The number of aromatic nitrogens is 3. The summed E-state index contributed by atoms with van der Waals surface area (Å²) in [6.07, 6.45) is 8.21. The van der Waals surface area contributed by atoms with Crippen molar-refractivity contribution in [3.8, 4) is 0 Å². The Labute approximate surface area is 144 Å². The molecule has 0 spiro atoms. The van der Waals surface area contributed by atoms with Gasteiger partial charge in [0.15, 0.2) is 0 Å². The van der Waals surface area contributed by atoms with Crippen LogP contribution >= 0.6 is 0 Å². The van der Waals surface area contributed by atoms with Crippen molar-refractivity contribution in [3.05, 3.63) is 12.7 Å². The van der Waals surface area contributed by atoms with E-state index in [1.165, 1.54) is 58.0 Å². The second-order valence-electron chi connectivity index (χ2n) is 6.84. The molecule has 0 atom stereocenters. The third-order valence-corrected chi connectivity index (χ3v) is 5.26. The molecule has 0 bridgehead atoms. The molecule has 0 unspecified atom stereocenters. The predicted octanol–water partition coefficient (Wildman–Crippen LogP) is 2.86. The van der Waals surface area contributed by atoms with Gasteiger partial charge in [0.1, 0.15) is 12.7 Å². The van der Waals surface area contributed by atoms with E-state index in [0.29, 0.717) is 5.41 Å². The number of carbonyl (C=O) groups is 1. The number of aliphatic carboxylic acids is 1. The number of rotatable bonds is 3. The van der Waals surface area contributed by atoms with Crippen LogP contribution in [0.5, 0.6) is 0 Å². The van der Waals surface area contributed by atoms with Gasteiger partial charge in [-0.1, -0.05) is 19.3 Å². The van der Waals surface area contributed by atoms with Gasteiger partial charge in [0.05, 0.1) is 0 Å². The van der Waals surface area contributed by atoms with Crippen LogP contribution in [0.15, 0.2) is 12.7 Å². The Bertz CT molecular complexity index is 522. The van der Waals surface area contributed by atoms with Gasteiger partial charge in [-0.2, -0.15) is 18.3 Å². The van der Waals surface area contributed by atoms with Gasteiger partial charge in [0, 0.05) is 6.54 Å². The van der Waals surface area contributed by atoms with E-state index >= 15 is 0 Å². The van der Waals surface area contributed by atoms with E-state index in [2.05, 4.69) is 20.1 Å². The number of alkyl halides is 3. The van der Waals surface area contributed by atoms with Crippen LogP contribution in [0.2, 0.25) is 0 Å². The Kier molecular flexibility index (Phi) is 6.80. The molecular weight excluding hydrogens is 337 g/mol. The number of halogens is 3. The van der Waals surface area contributed by atoms with Crippen molar-refractivity contribution in [1.82, 2.24) is 20.1 Å². The molecule has 2 heterocycles. The first-order valence-corrected chi connectivity index (χ1v) is 8.67. The highest BCUT2D eigenvalue weighted by molar-refractivity contribution is 5.73. The molecule has 1 saturated carbocycles. The molecule has 6 nitrogen and oxygen atoms in total. The average Bonchev–Trinajstić information content (AvgIpc) is 3.09. The summed E-state index contributed by atoms with van der Waals surface area (Å²) in [5, 5.41) is 15.0. The maximum absolute atomic E-state index is 10.6. The molecule has 9 heteroatoms. The first-order chi connectivity index (χ1) is 11.8. The van der Waals surface area contributed by atoms with Crippen molar-refractivity contribution in [2.24, 2.45) is 11.3 Å². The molecule has 0 radical (unpaired) electrons. The molecule has 142 valence electrons. The molecule has 1 saturated heterocycles. The van der Waals surface area contributed by atoms with Gasteiger partial charge in [0.25, 0.3) is 0 Å². The minimum Gasteiger partial charge on any atom is -0.475 e. The third-order valence-electron chi connectivity index (χ3n) is 5.26. The second-order valence-corrected chi connectivity index (χ2v) is 6.84. The van der Waals surface area contributed by atoms with Crippen LogP contribution in [-0.2, 0) is 11.3 Å². The Hall–Kier alpha value is -1.64. The fourth-order valence-electron chi connectivity index (χ4n) is 3.97. The SMILES string of the molecule is O=C(O)C(F)(F)F.c1ncn(CC2(C3CCCCC3)CCNCC2)n1. The van der Waals surface area contributed by atoms with Gasteiger partial charge in [-0.25, -0.2) is 9.78 Å².